The number of benzene rings is 2. The molecule has 2 aromatic carbocycles. The van der Waals surface area contributed by atoms with Gasteiger partial charge in [0.1, 0.15) is 5.82 Å². The fraction of sp³-hybridized carbons (Fsp3) is 0.0800. The van der Waals surface area contributed by atoms with Crippen molar-refractivity contribution in [3.05, 3.63) is 103 Å². The summed E-state index contributed by atoms with van der Waals surface area (Å²) >= 11 is 0. The summed E-state index contributed by atoms with van der Waals surface area (Å²) in [4.78, 5) is 13.1. The molecule has 0 bridgehead atoms. The molecule has 0 atom stereocenters. The number of hydrogen-bond acceptors (Lipinski definition) is 4. The molecule has 1 N–H and O–H groups in total. The second-order valence-corrected chi connectivity index (χ2v) is 7.32. The summed E-state index contributed by atoms with van der Waals surface area (Å²) in [6.07, 6.45) is 7.15. The van der Waals surface area contributed by atoms with Crippen LogP contribution in [-0.2, 0) is 6.54 Å². The van der Waals surface area contributed by atoms with Crippen molar-refractivity contribution >= 4 is 11.5 Å². The highest BCUT2D eigenvalue weighted by Crippen LogP contribution is 2.25. The molecule has 0 spiro atoms. The van der Waals surface area contributed by atoms with E-state index in [1.54, 1.807) is 24.5 Å². The van der Waals surface area contributed by atoms with E-state index in [9.17, 15) is 4.39 Å². The number of aromatic nitrogens is 4. The van der Waals surface area contributed by atoms with Crippen molar-refractivity contribution in [3.63, 3.8) is 0 Å². The number of hydrogen-bond donors (Lipinski definition) is 1. The molecule has 0 saturated heterocycles. The highest BCUT2D eigenvalue weighted by Gasteiger charge is 2.11. The van der Waals surface area contributed by atoms with Gasteiger partial charge in [0.05, 0.1) is 11.9 Å². The molecular formula is C25H20FN5. The predicted octanol–water partition coefficient (Wildman–Crippen LogP) is 5.52. The number of aryl methyl sites for hydroxylation is 1. The summed E-state index contributed by atoms with van der Waals surface area (Å²) < 4.78 is 16.8. The number of imidazole rings is 1. The van der Waals surface area contributed by atoms with Crippen LogP contribution in [0, 0.1) is 12.7 Å². The van der Waals surface area contributed by atoms with Gasteiger partial charge in [0.25, 0.3) is 0 Å². The molecule has 3 aromatic heterocycles. The number of nitrogens with zero attached hydrogens (tertiary/aromatic N) is 4. The molecule has 0 unspecified atom stereocenters. The lowest BCUT2D eigenvalue weighted by Crippen LogP contribution is -2.05. The lowest BCUT2D eigenvalue weighted by molar-refractivity contribution is 0.613. The molecule has 0 amide bonds. The smallest absolute Gasteiger partial charge is 0.180 e. The Morgan fingerprint density at radius 3 is 2.52 bits per heavy atom. The first-order valence-electron chi connectivity index (χ1n) is 10.0. The van der Waals surface area contributed by atoms with E-state index < -0.39 is 0 Å². The van der Waals surface area contributed by atoms with Crippen LogP contribution in [0.1, 0.15) is 11.3 Å². The van der Waals surface area contributed by atoms with E-state index in [-0.39, 0.29) is 5.82 Å². The molecule has 0 fully saturated rings. The summed E-state index contributed by atoms with van der Waals surface area (Å²) in [6, 6.07) is 19.2. The number of pyridine rings is 1. The van der Waals surface area contributed by atoms with Crippen LogP contribution in [0.25, 0.3) is 28.0 Å². The second kappa shape index (κ2) is 7.99. The number of fused-ring (bicyclic) bond motifs is 1. The molecule has 5 aromatic rings. The lowest BCUT2D eigenvalue weighted by atomic mass is 10.0. The van der Waals surface area contributed by atoms with Crippen LogP contribution in [0.15, 0.2) is 85.5 Å². The maximum absolute atomic E-state index is 14.8. The van der Waals surface area contributed by atoms with Crippen LogP contribution in [-0.4, -0.2) is 19.4 Å². The van der Waals surface area contributed by atoms with Gasteiger partial charge < -0.3 is 5.32 Å². The Labute approximate surface area is 179 Å². The van der Waals surface area contributed by atoms with E-state index in [1.807, 2.05) is 72.2 Å². The van der Waals surface area contributed by atoms with Gasteiger partial charge in [0.2, 0.25) is 0 Å². The molecule has 31 heavy (non-hydrogen) atoms. The topological polar surface area (TPSA) is 55.1 Å². The maximum atomic E-state index is 14.8. The average Bonchev–Trinajstić information content (AvgIpc) is 3.24. The van der Waals surface area contributed by atoms with Gasteiger partial charge in [0.15, 0.2) is 11.5 Å². The second-order valence-electron chi connectivity index (χ2n) is 7.32. The standard InChI is InChI=1S/C25H20FN5/c1-17-13-20(9-10-27-17)19-7-8-21(22(26)14-19)15-29-24-25-30-16-23(31(25)12-11-28-24)18-5-3-2-4-6-18/h2-14,16H,15H2,1H3,(H,28,29). The summed E-state index contributed by atoms with van der Waals surface area (Å²) in [7, 11) is 0. The maximum Gasteiger partial charge on any atom is 0.180 e. The molecule has 5 rings (SSSR count). The molecule has 0 radical (unpaired) electrons. The van der Waals surface area contributed by atoms with E-state index in [1.165, 1.54) is 0 Å². The van der Waals surface area contributed by atoms with Crippen LogP contribution in [0.4, 0.5) is 10.2 Å². The lowest BCUT2D eigenvalue weighted by Gasteiger charge is -2.10. The fourth-order valence-electron chi connectivity index (χ4n) is 3.64. The summed E-state index contributed by atoms with van der Waals surface area (Å²) in [5, 5.41) is 3.23. The predicted molar refractivity (Wildman–Crippen MR) is 120 cm³/mol. The minimum atomic E-state index is -0.264. The molecule has 0 aliphatic heterocycles. The van der Waals surface area contributed by atoms with Crippen LogP contribution < -0.4 is 5.32 Å². The monoisotopic (exact) mass is 409 g/mol. The Morgan fingerprint density at radius 1 is 0.871 bits per heavy atom. The fourth-order valence-corrected chi connectivity index (χ4v) is 3.64. The highest BCUT2D eigenvalue weighted by molar-refractivity contribution is 5.70. The van der Waals surface area contributed by atoms with Gasteiger partial charge in [-0.1, -0.05) is 42.5 Å². The normalized spacial score (nSPS) is 11.0. The summed E-state index contributed by atoms with van der Waals surface area (Å²) in [5.41, 5.74) is 5.98. The molecule has 152 valence electrons. The van der Waals surface area contributed by atoms with Crippen LogP contribution in [0.3, 0.4) is 0 Å². The van der Waals surface area contributed by atoms with Crippen molar-refractivity contribution in [1.29, 1.82) is 0 Å². The summed E-state index contributed by atoms with van der Waals surface area (Å²) in [6.45, 7) is 2.23. The third-order valence-electron chi connectivity index (χ3n) is 5.23. The van der Waals surface area contributed by atoms with Gasteiger partial charge in [-0.15, -0.1) is 0 Å². The molecule has 6 heteroatoms. The van der Waals surface area contributed by atoms with Gasteiger partial charge in [-0.2, -0.15) is 0 Å². The number of halogens is 1. The Hall–Kier alpha value is -4.06. The van der Waals surface area contributed by atoms with Crippen molar-refractivity contribution in [2.75, 3.05) is 5.32 Å². The van der Waals surface area contributed by atoms with Crippen molar-refractivity contribution in [1.82, 2.24) is 19.4 Å². The van der Waals surface area contributed by atoms with Gasteiger partial charge in [-0.3, -0.25) is 9.38 Å². The number of rotatable bonds is 5. The minimum Gasteiger partial charge on any atom is -0.363 e. The Balaban J connectivity index is 1.39. The van der Waals surface area contributed by atoms with Crippen molar-refractivity contribution in [2.24, 2.45) is 0 Å². The van der Waals surface area contributed by atoms with E-state index in [4.69, 9.17) is 0 Å². The zero-order valence-corrected chi connectivity index (χ0v) is 17.0. The van der Waals surface area contributed by atoms with Gasteiger partial charge in [0, 0.05) is 42.0 Å². The third-order valence-corrected chi connectivity index (χ3v) is 5.23. The van der Waals surface area contributed by atoms with E-state index in [0.717, 1.165) is 28.1 Å². The van der Waals surface area contributed by atoms with E-state index in [0.29, 0.717) is 23.6 Å². The number of anilines is 1. The quantitative estimate of drug-likeness (QED) is 0.415. The molecule has 0 aliphatic rings. The Kier molecular flexibility index (Phi) is 4.88. The molecule has 3 heterocycles. The van der Waals surface area contributed by atoms with E-state index >= 15 is 0 Å². The molecular weight excluding hydrogens is 389 g/mol. The summed E-state index contributed by atoms with van der Waals surface area (Å²) in [5.74, 6) is 0.345. The highest BCUT2D eigenvalue weighted by atomic mass is 19.1. The Morgan fingerprint density at radius 2 is 1.71 bits per heavy atom. The van der Waals surface area contributed by atoms with Gasteiger partial charge in [-0.05, 0) is 36.2 Å². The van der Waals surface area contributed by atoms with Crippen molar-refractivity contribution < 1.29 is 4.39 Å². The average molecular weight is 409 g/mol. The first kappa shape index (κ1) is 18.9. The molecule has 5 nitrogen and oxygen atoms in total. The van der Waals surface area contributed by atoms with Gasteiger partial charge in [-0.25, -0.2) is 14.4 Å². The first-order chi connectivity index (χ1) is 15.2. The van der Waals surface area contributed by atoms with Crippen molar-refractivity contribution in [3.8, 4) is 22.4 Å². The zero-order chi connectivity index (χ0) is 21.2. The Bertz CT molecular complexity index is 1360. The van der Waals surface area contributed by atoms with Gasteiger partial charge >= 0.3 is 0 Å². The minimum absolute atomic E-state index is 0.264. The molecule has 0 aliphatic carbocycles. The number of nitrogens with one attached hydrogen (secondary N) is 1. The SMILES string of the molecule is Cc1cc(-c2ccc(CNc3nccn4c(-c5ccccc5)cnc34)c(F)c2)ccn1. The van der Waals surface area contributed by atoms with E-state index in [2.05, 4.69) is 20.3 Å². The first-order valence-corrected chi connectivity index (χ1v) is 10.0. The van der Waals surface area contributed by atoms with Crippen LogP contribution in [0.2, 0.25) is 0 Å². The zero-order valence-electron chi connectivity index (χ0n) is 17.0. The molecule has 0 saturated carbocycles. The third kappa shape index (κ3) is 3.75. The van der Waals surface area contributed by atoms with Crippen LogP contribution >= 0.6 is 0 Å². The van der Waals surface area contributed by atoms with Crippen LogP contribution in [0.5, 0.6) is 0 Å². The van der Waals surface area contributed by atoms with Crippen molar-refractivity contribution in [2.45, 2.75) is 13.5 Å². The largest absolute Gasteiger partial charge is 0.363 e.